The van der Waals surface area contributed by atoms with Crippen molar-refractivity contribution >= 4 is 15.9 Å². The average Bonchev–Trinajstić information content (AvgIpc) is 2.38. The van der Waals surface area contributed by atoms with E-state index in [4.69, 9.17) is 0 Å². The van der Waals surface area contributed by atoms with Crippen molar-refractivity contribution in [2.45, 2.75) is 50.9 Å². The van der Waals surface area contributed by atoms with Gasteiger partial charge < -0.3 is 5.32 Å². The summed E-state index contributed by atoms with van der Waals surface area (Å²) < 4.78 is 38.9. The lowest BCUT2D eigenvalue weighted by Crippen LogP contribution is -2.38. The van der Waals surface area contributed by atoms with E-state index >= 15 is 0 Å². The molecule has 0 amide bonds. The van der Waals surface area contributed by atoms with Gasteiger partial charge in [-0.1, -0.05) is 28.1 Å². The van der Waals surface area contributed by atoms with Gasteiger partial charge in [-0.3, -0.25) is 0 Å². The third-order valence-electron chi connectivity index (χ3n) is 4.02. The van der Waals surface area contributed by atoms with E-state index in [1.807, 2.05) is 24.3 Å². The van der Waals surface area contributed by atoms with Crippen LogP contribution in [0.2, 0.25) is 0 Å². The minimum atomic E-state index is -4.03. The van der Waals surface area contributed by atoms with E-state index in [2.05, 4.69) is 28.2 Å². The van der Waals surface area contributed by atoms with Crippen molar-refractivity contribution in [2.75, 3.05) is 0 Å². The fourth-order valence-corrected chi connectivity index (χ4v) is 3.23. The Kier molecular flexibility index (Phi) is 5.13. The molecule has 0 aromatic heterocycles. The fourth-order valence-electron chi connectivity index (χ4n) is 2.81. The van der Waals surface area contributed by atoms with E-state index in [1.165, 1.54) is 0 Å². The molecule has 0 bridgehead atoms. The molecule has 0 aliphatic heterocycles. The zero-order valence-corrected chi connectivity index (χ0v) is 13.0. The van der Waals surface area contributed by atoms with Crippen LogP contribution in [0.4, 0.5) is 13.2 Å². The van der Waals surface area contributed by atoms with Crippen molar-refractivity contribution < 1.29 is 13.2 Å². The topological polar surface area (TPSA) is 12.0 Å². The van der Waals surface area contributed by atoms with Crippen LogP contribution in [0.15, 0.2) is 28.7 Å². The van der Waals surface area contributed by atoms with Gasteiger partial charge in [0, 0.05) is 16.6 Å². The number of hydrogen-bond acceptors (Lipinski definition) is 1. The average molecular weight is 350 g/mol. The van der Waals surface area contributed by atoms with Crippen LogP contribution < -0.4 is 5.32 Å². The molecule has 112 valence electrons. The molecular weight excluding hydrogens is 331 g/mol. The first kappa shape index (κ1) is 15.8. The minimum absolute atomic E-state index is 0.153. The van der Waals surface area contributed by atoms with Gasteiger partial charge in [0.25, 0.3) is 0 Å². The Morgan fingerprint density at radius 2 is 1.85 bits per heavy atom. The summed E-state index contributed by atoms with van der Waals surface area (Å²) in [6.07, 6.45) is -2.34. The molecule has 1 aromatic rings. The third-order valence-corrected chi connectivity index (χ3v) is 4.52. The predicted octanol–water partition coefficient (Wildman–Crippen LogP) is 5.22. The van der Waals surface area contributed by atoms with E-state index in [0.29, 0.717) is 12.8 Å². The van der Waals surface area contributed by atoms with Crippen LogP contribution in [-0.2, 0) is 0 Å². The normalized spacial score (nSPS) is 25.4. The van der Waals surface area contributed by atoms with Crippen LogP contribution in [0.25, 0.3) is 0 Å². The van der Waals surface area contributed by atoms with Crippen molar-refractivity contribution in [3.63, 3.8) is 0 Å². The highest BCUT2D eigenvalue weighted by atomic mass is 79.9. The molecule has 1 aliphatic carbocycles. The number of rotatable bonds is 3. The maximum absolute atomic E-state index is 12.6. The zero-order valence-electron chi connectivity index (χ0n) is 11.4. The van der Waals surface area contributed by atoms with Crippen molar-refractivity contribution in [1.29, 1.82) is 0 Å². The quantitative estimate of drug-likeness (QED) is 0.788. The summed E-state index contributed by atoms with van der Waals surface area (Å²) in [6, 6.07) is 8.34. The summed E-state index contributed by atoms with van der Waals surface area (Å²) in [5, 5.41) is 3.45. The molecule has 0 spiro atoms. The van der Waals surface area contributed by atoms with E-state index < -0.39 is 12.1 Å². The Bertz CT molecular complexity index is 439. The Morgan fingerprint density at radius 3 is 2.40 bits per heavy atom. The Hall–Kier alpha value is -0.550. The molecule has 0 radical (unpaired) electrons. The van der Waals surface area contributed by atoms with Gasteiger partial charge in [0.1, 0.15) is 0 Å². The lowest BCUT2D eigenvalue weighted by molar-refractivity contribution is -0.182. The highest BCUT2D eigenvalue weighted by Gasteiger charge is 2.41. The van der Waals surface area contributed by atoms with Crippen molar-refractivity contribution in [2.24, 2.45) is 5.92 Å². The molecule has 0 heterocycles. The number of alkyl halides is 3. The number of hydrogen-bond donors (Lipinski definition) is 1. The first-order chi connectivity index (χ1) is 9.36. The van der Waals surface area contributed by atoms with Crippen molar-refractivity contribution in [1.82, 2.24) is 5.32 Å². The summed E-state index contributed by atoms with van der Waals surface area (Å²) >= 11 is 3.43. The third kappa shape index (κ3) is 4.22. The molecule has 1 N–H and O–H groups in total. The van der Waals surface area contributed by atoms with Crippen LogP contribution >= 0.6 is 15.9 Å². The maximum atomic E-state index is 12.6. The van der Waals surface area contributed by atoms with Crippen LogP contribution in [0.5, 0.6) is 0 Å². The summed E-state index contributed by atoms with van der Waals surface area (Å²) in [5.74, 6) is -1.11. The molecule has 5 heteroatoms. The Labute approximate surface area is 126 Å². The van der Waals surface area contributed by atoms with Crippen molar-refractivity contribution in [3.05, 3.63) is 34.3 Å². The first-order valence-electron chi connectivity index (χ1n) is 6.94. The van der Waals surface area contributed by atoms with Crippen molar-refractivity contribution in [3.8, 4) is 0 Å². The number of benzene rings is 1. The standard InChI is InChI=1S/C15H19BrF3N/c1-10(11-3-2-4-13(16)9-11)20-14-7-5-12(6-8-14)15(17,18)19/h2-4,9-10,12,14,20H,5-8H2,1H3. The molecule has 2 rings (SSSR count). The van der Waals surface area contributed by atoms with Gasteiger partial charge in [-0.15, -0.1) is 0 Å². The van der Waals surface area contributed by atoms with E-state index in [1.54, 1.807) is 0 Å². The highest BCUT2D eigenvalue weighted by Crippen LogP contribution is 2.37. The molecule has 1 nitrogen and oxygen atoms in total. The van der Waals surface area contributed by atoms with E-state index in [9.17, 15) is 13.2 Å². The van der Waals surface area contributed by atoms with Crippen LogP contribution in [0, 0.1) is 5.92 Å². The van der Waals surface area contributed by atoms with Crippen LogP contribution in [0.1, 0.15) is 44.2 Å². The maximum Gasteiger partial charge on any atom is 0.391 e. The van der Waals surface area contributed by atoms with E-state index in [0.717, 1.165) is 10.0 Å². The van der Waals surface area contributed by atoms with Gasteiger partial charge in [0.15, 0.2) is 0 Å². The molecule has 1 atom stereocenters. The van der Waals surface area contributed by atoms with Gasteiger partial charge in [0.2, 0.25) is 0 Å². The largest absolute Gasteiger partial charge is 0.391 e. The minimum Gasteiger partial charge on any atom is -0.307 e. The van der Waals surface area contributed by atoms with Gasteiger partial charge in [0.05, 0.1) is 5.92 Å². The van der Waals surface area contributed by atoms with Gasteiger partial charge in [-0.05, 0) is 50.3 Å². The first-order valence-corrected chi connectivity index (χ1v) is 7.74. The van der Waals surface area contributed by atoms with Crippen LogP contribution in [0.3, 0.4) is 0 Å². The predicted molar refractivity (Wildman–Crippen MR) is 77.5 cm³/mol. The second-order valence-electron chi connectivity index (χ2n) is 5.53. The summed E-state index contributed by atoms with van der Waals surface area (Å²) in [5.41, 5.74) is 1.15. The SMILES string of the molecule is CC(NC1CCC(C(F)(F)F)CC1)c1cccc(Br)c1. The second kappa shape index (κ2) is 6.48. The Balaban J connectivity index is 1.86. The zero-order chi connectivity index (χ0) is 14.8. The van der Waals surface area contributed by atoms with Gasteiger partial charge in [-0.25, -0.2) is 0 Å². The fraction of sp³-hybridized carbons (Fsp3) is 0.600. The lowest BCUT2D eigenvalue weighted by atomic mass is 9.85. The molecule has 20 heavy (non-hydrogen) atoms. The monoisotopic (exact) mass is 349 g/mol. The van der Waals surface area contributed by atoms with E-state index in [-0.39, 0.29) is 24.9 Å². The van der Waals surface area contributed by atoms with Crippen LogP contribution in [-0.4, -0.2) is 12.2 Å². The molecule has 0 saturated heterocycles. The summed E-state index contributed by atoms with van der Waals surface area (Å²) in [4.78, 5) is 0. The summed E-state index contributed by atoms with van der Waals surface area (Å²) in [6.45, 7) is 2.05. The van der Waals surface area contributed by atoms with Gasteiger partial charge >= 0.3 is 6.18 Å². The summed E-state index contributed by atoms with van der Waals surface area (Å²) in [7, 11) is 0. The highest BCUT2D eigenvalue weighted by molar-refractivity contribution is 9.10. The smallest absolute Gasteiger partial charge is 0.307 e. The molecule has 1 fully saturated rings. The number of halogens is 4. The Morgan fingerprint density at radius 1 is 1.20 bits per heavy atom. The molecule has 1 aliphatic rings. The van der Waals surface area contributed by atoms with Gasteiger partial charge in [-0.2, -0.15) is 13.2 Å². The number of nitrogens with one attached hydrogen (secondary N) is 1. The molecule has 1 saturated carbocycles. The molecular formula is C15H19BrF3N. The second-order valence-corrected chi connectivity index (χ2v) is 6.45. The lowest BCUT2D eigenvalue weighted by Gasteiger charge is -2.32. The molecule has 1 aromatic carbocycles. The molecule has 1 unspecified atom stereocenters.